The molecule has 0 bridgehead atoms. The number of fused-ring (bicyclic) bond motifs is 1. The summed E-state index contributed by atoms with van der Waals surface area (Å²) in [5.41, 5.74) is 3.98. The molecule has 2 aromatic heterocycles. The Hall–Kier alpha value is -2.40. The van der Waals surface area contributed by atoms with Gasteiger partial charge in [0, 0.05) is 21.9 Å². The smallest absolute Gasteiger partial charge is 0.348 e. The van der Waals surface area contributed by atoms with Gasteiger partial charge in [-0.1, -0.05) is 6.92 Å². The fraction of sp³-hybridized carbons (Fsp3) is 0.300. The number of thiophene rings is 1. The van der Waals surface area contributed by atoms with E-state index in [4.69, 9.17) is 9.15 Å². The van der Waals surface area contributed by atoms with E-state index in [1.54, 1.807) is 0 Å². The van der Waals surface area contributed by atoms with Crippen molar-refractivity contribution < 1.29 is 13.9 Å². The molecule has 0 saturated carbocycles. The third kappa shape index (κ3) is 3.51. The molecule has 3 rings (SSSR count). The second-order valence-corrected chi connectivity index (χ2v) is 7.31. The molecule has 0 spiro atoms. The summed E-state index contributed by atoms with van der Waals surface area (Å²) in [5, 5.41) is 0.798. The molecule has 25 heavy (non-hydrogen) atoms. The minimum Gasteiger partial charge on any atom is -0.457 e. The van der Waals surface area contributed by atoms with Crippen LogP contribution in [0.2, 0.25) is 0 Å². The highest BCUT2D eigenvalue weighted by Crippen LogP contribution is 2.25. The van der Waals surface area contributed by atoms with Crippen molar-refractivity contribution >= 4 is 28.3 Å². The van der Waals surface area contributed by atoms with Gasteiger partial charge in [-0.3, -0.25) is 0 Å². The molecule has 0 radical (unpaired) electrons. The van der Waals surface area contributed by atoms with Gasteiger partial charge < -0.3 is 9.15 Å². The number of carbonyl (C=O) groups is 1. The molecule has 0 fully saturated rings. The van der Waals surface area contributed by atoms with Crippen LogP contribution in [0.3, 0.4) is 0 Å². The van der Waals surface area contributed by atoms with Crippen LogP contribution in [-0.2, 0) is 17.8 Å². The molecule has 0 aliphatic rings. The maximum Gasteiger partial charge on any atom is 0.348 e. The Balaban J connectivity index is 1.88. The first kappa shape index (κ1) is 17.4. The first-order chi connectivity index (χ1) is 11.9. The summed E-state index contributed by atoms with van der Waals surface area (Å²) in [6.07, 6.45) is 0.896. The molecule has 2 heterocycles. The lowest BCUT2D eigenvalue weighted by molar-refractivity contribution is 0.0479. The summed E-state index contributed by atoms with van der Waals surface area (Å²) in [5.74, 6) is -0.363. The van der Waals surface area contributed by atoms with Crippen LogP contribution in [0.5, 0.6) is 0 Å². The highest BCUT2D eigenvalue weighted by Gasteiger charge is 2.15. The van der Waals surface area contributed by atoms with Gasteiger partial charge in [0.25, 0.3) is 0 Å². The van der Waals surface area contributed by atoms with Crippen molar-refractivity contribution in [3.63, 3.8) is 0 Å². The van der Waals surface area contributed by atoms with Gasteiger partial charge in [0.05, 0.1) is 0 Å². The Morgan fingerprint density at radius 2 is 1.80 bits per heavy atom. The predicted molar refractivity (Wildman–Crippen MR) is 99.5 cm³/mol. The molecule has 0 aliphatic heterocycles. The highest BCUT2D eigenvalue weighted by molar-refractivity contribution is 7.14. The van der Waals surface area contributed by atoms with Crippen LogP contribution in [0.25, 0.3) is 11.0 Å². The zero-order valence-electron chi connectivity index (χ0n) is 14.8. The lowest BCUT2D eigenvalue weighted by Gasteiger charge is -2.08. The van der Waals surface area contributed by atoms with Gasteiger partial charge in [0.15, 0.2) is 0 Å². The van der Waals surface area contributed by atoms with Gasteiger partial charge in [-0.15, -0.1) is 11.3 Å². The maximum atomic E-state index is 12.3. The lowest BCUT2D eigenvalue weighted by atomic mass is 10.0. The van der Waals surface area contributed by atoms with E-state index in [9.17, 15) is 9.59 Å². The number of ether oxygens (including phenoxy) is 1. The average Bonchev–Trinajstić information content (AvgIpc) is 2.95. The van der Waals surface area contributed by atoms with Crippen molar-refractivity contribution in [1.29, 1.82) is 0 Å². The number of esters is 1. The minimum atomic E-state index is -0.443. The molecule has 0 saturated heterocycles. The van der Waals surface area contributed by atoms with Crippen LogP contribution in [0, 0.1) is 20.8 Å². The van der Waals surface area contributed by atoms with Crippen molar-refractivity contribution in [3.05, 3.63) is 66.7 Å². The first-order valence-corrected chi connectivity index (χ1v) is 9.01. The molecule has 0 unspecified atom stereocenters. The molecular formula is C20H20O4S. The summed E-state index contributed by atoms with van der Waals surface area (Å²) in [7, 11) is 0. The van der Waals surface area contributed by atoms with E-state index in [1.807, 2.05) is 39.0 Å². The first-order valence-electron chi connectivity index (χ1n) is 8.19. The molecule has 0 aliphatic carbocycles. The quantitative estimate of drug-likeness (QED) is 0.502. The van der Waals surface area contributed by atoms with Gasteiger partial charge in [-0.05, 0) is 62.1 Å². The summed E-state index contributed by atoms with van der Waals surface area (Å²) in [6.45, 7) is 8.06. The van der Waals surface area contributed by atoms with E-state index in [0.29, 0.717) is 16.0 Å². The van der Waals surface area contributed by atoms with Gasteiger partial charge in [-0.2, -0.15) is 0 Å². The Kier molecular flexibility index (Phi) is 4.77. The molecule has 0 amide bonds. The van der Waals surface area contributed by atoms with Gasteiger partial charge in [-0.25, -0.2) is 9.59 Å². The van der Waals surface area contributed by atoms with Crippen molar-refractivity contribution in [2.75, 3.05) is 0 Å². The SMILES string of the molecule is CCc1sc(C(=O)OCc2cc(=O)oc3cc(C)c(C)cc23)cc1C. The fourth-order valence-corrected chi connectivity index (χ4v) is 3.80. The average molecular weight is 356 g/mol. The van der Waals surface area contributed by atoms with Crippen LogP contribution in [0.1, 0.15) is 43.7 Å². The zero-order chi connectivity index (χ0) is 18.1. The van der Waals surface area contributed by atoms with Crippen LogP contribution < -0.4 is 5.63 Å². The minimum absolute atomic E-state index is 0.0435. The van der Waals surface area contributed by atoms with Crippen molar-refractivity contribution in [2.45, 2.75) is 40.7 Å². The van der Waals surface area contributed by atoms with Crippen molar-refractivity contribution in [2.24, 2.45) is 0 Å². The number of rotatable bonds is 4. The molecule has 1 aromatic carbocycles. The largest absolute Gasteiger partial charge is 0.457 e. The molecule has 4 nitrogen and oxygen atoms in total. The Labute approximate surface area is 150 Å². The van der Waals surface area contributed by atoms with E-state index in [1.165, 1.54) is 22.3 Å². The second kappa shape index (κ2) is 6.84. The Morgan fingerprint density at radius 3 is 2.48 bits per heavy atom. The number of hydrogen-bond acceptors (Lipinski definition) is 5. The molecule has 5 heteroatoms. The predicted octanol–water partition coefficient (Wildman–Crippen LogP) is 4.70. The maximum absolute atomic E-state index is 12.3. The van der Waals surface area contributed by atoms with E-state index in [-0.39, 0.29) is 12.6 Å². The monoisotopic (exact) mass is 356 g/mol. The summed E-state index contributed by atoms with van der Waals surface area (Å²) in [4.78, 5) is 25.9. The topological polar surface area (TPSA) is 56.5 Å². The number of aryl methyl sites for hydroxylation is 4. The fourth-order valence-electron chi connectivity index (χ4n) is 2.79. The number of carbonyl (C=O) groups excluding carboxylic acids is 1. The molecule has 130 valence electrons. The summed E-state index contributed by atoms with van der Waals surface area (Å²) < 4.78 is 10.7. The van der Waals surface area contributed by atoms with E-state index in [0.717, 1.165) is 28.5 Å². The van der Waals surface area contributed by atoms with Crippen molar-refractivity contribution in [1.82, 2.24) is 0 Å². The number of benzene rings is 1. The highest BCUT2D eigenvalue weighted by atomic mass is 32.1. The van der Waals surface area contributed by atoms with Gasteiger partial charge >= 0.3 is 11.6 Å². The van der Waals surface area contributed by atoms with E-state index < -0.39 is 5.63 Å². The molecule has 3 aromatic rings. The van der Waals surface area contributed by atoms with Crippen molar-refractivity contribution in [3.8, 4) is 0 Å². The van der Waals surface area contributed by atoms with Crippen LogP contribution >= 0.6 is 11.3 Å². The third-order valence-corrected chi connectivity index (χ3v) is 5.71. The third-order valence-electron chi connectivity index (χ3n) is 4.35. The van der Waals surface area contributed by atoms with Gasteiger partial charge in [0.2, 0.25) is 0 Å². The Bertz CT molecular complexity index is 1010. The standard InChI is InChI=1S/C20H20O4S/c1-5-17-13(4)8-18(25-17)20(22)23-10-14-9-19(21)24-16-7-12(3)11(2)6-15(14)16/h6-9H,5,10H2,1-4H3. The number of hydrogen-bond donors (Lipinski definition) is 0. The zero-order valence-corrected chi connectivity index (χ0v) is 15.6. The Morgan fingerprint density at radius 1 is 1.08 bits per heavy atom. The molecular weight excluding hydrogens is 336 g/mol. The lowest BCUT2D eigenvalue weighted by Crippen LogP contribution is -2.07. The second-order valence-electron chi connectivity index (χ2n) is 6.17. The van der Waals surface area contributed by atoms with Crippen LogP contribution in [0.15, 0.2) is 33.5 Å². The van der Waals surface area contributed by atoms with Gasteiger partial charge in [0.1, 0.15) is 17.1 Å². The van der Waals surface area contributed by atoms with E-state index >= 15 is 0 Å². The normalized spacial score (nSPS) is 11.0. The summed E-state index contributed by atoms with van der Waals surface area (Å²) in [6, 6.07) is 7.05. The van der Waals surface area contributed by atoms with E-state index in [2.05, 4.69) is 6.92 Å². The van der Waals surface area contributed by atoms with Crippen LogP contribution in [0.4, 0.5) is 0 Å². The molecule has 0 atom stereocenters. The molecule has 0 N–H and O–H groups in total. The summed E-state index contributed by atoms with van der Waals surface area (Å²) >= 11 is 1.46. The van der Waals surface area contributed by atoms with Crippen LogP contribution in [-0.4, -0.2) is 5.97 Å².